The van der Waals surface area contributed by atoms with Crippen molar-refractivity contribution >= 4 is 11.6 Å². The second-order valence-electron chi connectivity index (χ2n) is 4.03. The van der Waals surface area contributed by atoms with E-state index in [1.165, 1.54) is 5.56 Å². The number of carbonyl (C=O) groups is 1. The van der Waals surface area contributed by atoms with Gasteiger partial charge in [0.1, 0.15) is 0 Å². The van der Waals surface area contributed by atoms with Crippen molar-refractivity contribution in [3.8, 4) is 0 Å². The van der Waals surface area contributed by atoms with E-state index in [9.17, 15) is 4.79 Å². The quantitative estimate of drug-likeness (QED) is 0.746. The molecule has 0 bridgehead atoms. The first-order valence-corrected chi connectivity index (χ1v) is 5.65. The Bertz CT molecular complexity index is 437. The van der Waals surface area contributed by atoms with Crippen LogP contribution in [0.5, 0.6) is 0 Å². The van der Waals surface area contributed by atoms with Crippen molar-refractivity contribution in [3.63, 3.8) is 0 Å². The molecule has 1 heterocycles. The minimum atomic E-state index is 0.124. The highest BCUT2D eigenvalue weighted by molar-refractivity contribution is 6.04. The topological polar surface area (TPSA) is 32.7 Å². The van der Waals surface area contributed by atoms with Gasteiger partial charge in [0.15, 0.2) is 0 Å². The van der Waals surface area contributed by atoms with Crippen molar-refractivity contribution in [1.29, 1.82) is 0 Å². The fourth-order valence-corrected chi connectivity index (χ4v) is 1.88. The Morgan fingerprint density at radius 1 is 1.38 bits per heavy atom. The first kappa shape index (κ1) is 10.9. The van der Waals surface area contributed by atoms with Crippen molar-refractivity contribution in [1.82, 2.24) is 5.01 Å². The summed E-state index contributed by atoms with van der Waals surface area (Å²) in [6, 6.07) is 8.26. The molecule has 0 aromatic heterocycles. The number of hydrogen-bond acceptors (Lipinski definition) is 2. The largest absolute Gasteiger partial charge is 0.273 e. The van der Waals surface area contributed by atoms with E-state index in [0.29, 0.717) is 13.0 Å². The number of benzene rings is 1. The number of hydrogen-bond donors (Lipinski definition) is 0. The zero-order chi connectivity index (χ0) is 11.5. The summed E-state index contributed by atoms with van der Waals surface area (Å²) in [6.07, 6.45) is 1.32. The standard InChI is InChI=1S/C13H16N2O/c1-3-15-13(16)8-7-12(14-15)11-6-4-5-10(2)9-11/h4-6,9H,3,7-8H2,1-2H3. The summed E-state index contributed by atoms with van der Waals surface area (Å²) in [5, 5.41) is 5.95. The number of amides is 1. The second-order valence-corrected chi connectivity index (χ2v) is 4.03. The minimum absolute atomic E-state index is 0.124. The zero-order valence-electron chi connectivity index (χ0n) is 9.73. The summed E-state index contributed by atoms with van der Waals surface area (Å²) >= 11 is 0. The average Bonchev–Trinajstić information content (AvgIpc) is 2.29. The molecular weight excluding hydrogens is 200 g/mol. The first-order chi connectivity index (χ1) is 7.70. The molecule has 0 radical (unpaired) electrons. The lowest BCUT2D eigenvalue weighted by atomic mass is 10.0. The Labute approximate surface area is 95.8 Å². The molecule has 3 heteroatoms. The highest BCUT2D eigenvalue weighted by Crippen LogP contribution is 2.15. The summed E-state index contributed by atoms with van der Waals surface area (Å²) in [4.78, 5) is 11.5. The van der Waals surface area contributed by atoms with Crippen LogP contribution in [0.2, 0.25) is 0 Å². The van der Waals surface area contributed by atoms with E-state index in [2.05, 4.69) is 30.2 Å². The molecule has 0 fully saturated rings. The van der Waals surface area contributed by atoms with Gasteiger partial charge in [0.2, 0.25) is 5.91 Å². The van der Waals surface area contributed by atoms with Crippen LogP contribution in [0, 0.1) is 6.92 Å². The molecule has 0 aliphatic carbocycles. The van der Waals surface area contributed by atoms with Crippen molar-refractivity contribution < 1.29 is 4.79 Å². The van der Waals surface area contributed by atoms with Gasteiger partial charge < -0.3 is 0 Å². The summed E-state index contributed by atoms with van der Waals surface area (Å²) in [5.41, 5.74) is 3.37. The van der Waals surface area contributed by atoms with Gasteiger partial charge in [-0.15, -0.1) is 0 Å². The van der Waals surface area contributed by atoms with Crippen LogP contribution in [0.25, 0.3) is 0 Å². The van der Waals surface area contributed by atoms with Crippen LogP contribution in [-0.2, 0) is 4.79 Å². The van der Waals surface area contributed by atoms with Crippen molar-refractivity contribution in [2.45, 2.75) is 26.7 Å². The molecule has 0 atom stereocenters. The summed E-state index contributed by atoms with van der Waals surface area (Å²) in [7, 11) is 0. The van der Waals surface area contributed by atoms with Crippen LogP contribution in [0.15, 0.2) is 29.4 Å². The van der Waals surface area contributed by atoms with Crippen molar-refractivity contribution in [3.05, 3.63) is 35.4 Å². The lowest BCUT2D eigenvalue weighted by Gasteiger charge is -2.22. The van der Waals surface area contributed by atoms with Crippen LogP contribution >= 0.6 is 0 Å². The monoisotopic (exact) mass is 216 g/mol. The van der Waals surface area contributed by atoms with Gasteiger partial charge >= 0.3 is 0 Å². The average molecular weight is 216 g/mol. The highest BCUT2D eigenvalue weighted by atomic mass is 16.2. The van der Waals surface area contributed by atoms with E-state index in [0.717, 1.165) is 17.7 Å². The Morgan fingerprint density at radius 2 is 2.19 bits per heavy atom. The molecular formula is C13H16N2O. The van der Waals surface area contributed by atoms with Gasteiger partial charge in [0.05, 0.1) is 5.71 Å². The second kappa shape index (κ2) is 4.47. The fraction of sp³-hybridized carbons (Fsp3) is 0.385. The molecule has 0 saturated carbocycles. The van der Waals surface area contributed by atoms with Crippen LogP contribution < -0.4 is 0 Å². The van der Waals surface area contributed by atoms with E-state index in [1.807, 2.05) is 13.0 Å². The molecule has 16 heavy (non-hydrogen) atoms. The Hall–Kier alpha value is -1.64. The highest BCUT2D eigenvalue weighted by Gasteiger charge is 2.19. The van der Waals surface area contributed by atoms with Gasteiger partial charge in [-0.25, -0.2) is 5.01 Å². The molecule has 0 spiro atoms. The van der Waals surface area contributed by atoms with Crippen LogP contribution in [-0.4, -0.2) is 23.2 Å². The van der Waals surface area contributed by atoms with E-state index < -0.39 is 0 Å². The molecule has 1 aliphatic heterocycles. The van der Waals surface area contributed by atoms with Gasteiger partial charge in [-0.1, -0.05) is 29.8 Å². The molecule has 0 unspecified atom stereocenters. The third kappa shape index (κ3) is 2.13. The fourth-order valence-electron chi connectivity index (χ4n) is 1.88. The molecule has 1 aromatic carbocycles. The molecule has 3 nitrogen and oxygen atoms in total. The predicted molar refractivity (Wildman–Crippen MR) is 64.3 cm³/mol. The van der Waals surface area contributed by atoms with E-state index in [1.54, 1.807) is 5.01 Å². The van der Waals surface area contributed by atoms with Crippen molar-refractivity contribution in [2.24, 2.45) is 5.10 Å². The molecule has 0 saturated heterocycles. The maximum Gasteiger partial charge on any atom is 0.243 e. The van der Waals surface area contributed by atoms with Gasteiger partial charge in [0, 0.05) is 19.4 Å². The van der Waals surface area contributed by atoms with Crippen LogP contribution in [0.1, 0.15) is 30.9 Å². The number of aryl methyl sites for hydroxylation is 1. The third-order valence-corrected chi connectivity index (χ3v) is 2.76. The third-order valence-electron chi connectivity index (χ3n) is 2.76. The lowest BCUT2D eigenvalue weighted by Crippen LogP contribution is -2.31. The number of nitrogens with zero attached hydrogens (tertiary/aromatic N) is 2. The maximum absolute atomic E-state index is 11.5. The molecule has 1 aromatic rings. The van der Waals surface area contributed by atoms with E-state index in [-0.39, 0.29) is 5.91 Å². The number of carbonyl (C=O) groups excluding carboxylic acids is 1. The van der Waals surface area contributed by atoms with Crippen LogP contribution in [0.3, 0.4) is 0 Å². The Morgan fingerprint density at radius 3 is 2.88 bits per heavy atom. The number of hydrazone groups is 1. The SMILES string of the molecule is CCN1N=C(c2cccc(C)c2)CCC1=O. The van der Waals surface area contributed by atoms with Gasteiger partial charge in [-0.2, -0.15) is 5.10 Å². The molecule has 1 aliphatic rings. The zero-order valence-corrected chi connectivity index (χ0v) is 9.73. The summed E-state index contributed by atoms with van der Waals surface area (Å²) < 4.78 is 0. The maximum atomic E-state index is 11.5. The van der Waals surface area contributed by atoms with E-state index >= 15 is 0 Å². The Kier molecular flexibility index (Phi) is 3.04. The lowest BCUT2D eigenvalue weighted by molar-refractivity contribution is -0.131. The van der Waals surface area contributed by atoms with E-state index in [4.69, 9.17) is 0 Å². The van der Waals surface area contributed by atoms with Crippen LogP contribution in [0.4, 0.5) is 0 Å². The van der Waals surface area contributed by atoms with Gasteiger partial charge in [-0.05, 0) is 19.4 Å². The summed E-state index contributed by atoms with van der Waals surface area (Å²) in [6.45, 7) is 4.66. The first-order valence-electron chi connectivity index (χ1n) is 5.65. The van der Waals surface area contributed by atoms with Crippen molar-refractivity contribution in [2.75, 3.05) is 6.54 Å². The molecule has 1 amide bonds. The summed E-state index contributed by atoms with van der Waals surface area (Å²) in [5.74, 6) is 0.124. The van der Waals surface area contributed by atoms with Gasteiger partial charge in [0.25, 0.3) is 0 Å². The molecule has 0 N–H and O–H groups in total. The minimum Gasteiger partial charge on any atom is -0.273 e. The normalized spacial score (nSPS) is 16.2. The van der Waals surface area contributed by atoms with Gasteiger partial charge in [-0.3, -0.25) is 4.79 Å². The smallest absolute Gasteiger partial charge is 0.243 e. The Balaban J connectivity index is 2.31. The number of rotatable bonds is 2. The molecule has 84 valence electrons. The molecule has 2 rings (SSSR count). The predicted octanol–water partition coefficient (Wildman–Crippen LogP) is 2.34.